The van der Waals surface area contributed by atoms with Gasteiger partial charge in [0.1, 0.15) is 0 Å². The van der Waals surface area contributed by atoms with Crippen LogP contribution in [0.25, 0.3) is 0 Å². The van der Waals surface area contributed by atoms with Gasteiger partial charge in [-0.05, 0) is 42.8 Å². The summed E-state index contributed by atoms with van der Waals surface area (Å²) < 4.78 is 0. The number of carbonyl (C=O) groups excluding carboxylic acids is 1. The van der Waals surface area contributed by atoms with Crippen molar-refractivity contribution in [2.75, 3.05) is 5.32 Å². The van der Waals surface area contributed by atoms with Crippen molar-refractivity contribution in [2.24, 2.45) is 0 Å². The minimum absolute atomic E-state index is 0.0453. The molecular formula is C18H17N3OS2. The third-order valence-corrected chi connectivity index (χ3v) is 5.18. The second-order valence-electron chi connectivity index (χ2n) is 5.26. The van der Waals surface area contributed by atoms with Crippen molar-refractivity contribution in [1.82, 2.24) is 9.97 Å². The van der Waals surface area contributed by atoms with Gasteiger partial charge in [0.25, 0.3) is 0 Å². The first-order valence-corrected chi connectivity index (χ1v) is 9.38. The SMILES string of the molecule is Cc1nc(CC(=O)Nc2ccc(SCc3cccnc3)cc2)cs1. The third-order valence-electron chi connectivity index (χ3n) is 3.27. The van der Waals surface area contributed by atoms with Crippen LogP contribution in [0.2, 0.25) is 0 Å². The van der Waals surface area contributed by atoms with E-state index in [4.69, 9.17) is 0 Å². The number of aryl methyl sites for hydroxylation is 1. The Morgan fingerprint density at radius 3 is 2.75 bits per heavy atom. The highest BCUT2D eigenvalue weighted by atomic mass is 32.2. The Morgan fingerprint density at radius 1 is 1.25 bits per heavy atom. The molecule has 0 aliphatic heterocycles. The lowest BCUT2D eigenvalue weighted by atomic mass is 10.3. The number of nitrogens with zero attached hydrogens (tertiary/aromatic N) is 2. The van der Waals surface area contributed by atoms with Crippen LogP contribution < -0.4 is 5.32 Å². The predicted octanol–water partition coefficient (Wildman–Crippen LogP) is 4.32. The zero-order chi connectivity index (χ0) is 16.8. The zero-order valence-electron chi connectivity index (χ0n) is 13.2. The quantitative estimate of drug-likeness (QED) is 0.669. The molecule has 0 bridgehead atoms. The van der Waals surface area contributed by atoms with Crippen LogP contribution in [-0.4, -0.2) is 15.9 Å². The van der Waals surface area contributed by atoms with Crippen molar-refractivity contribution in [1.29, 1.82) is 0 Å². The molecule has 2 aromatic heterocycles. The van der Waals surface area contributed by atoms with E-state index in [0.29, 0.717) is 6.42 Å². The highest BCUT2D eigenvalue weighted by molar-refractivity contribution is 7.98. The Kier molecular flexibility index (Phi) is 5.61. The number of amides is 1. The van der Waals surface area contributed by atoms with Gasteiger partial charge in [-0.15, -0.1) is 23.1 Å². The van der Waals surface area contributed by atoms with Crippen molar-refractivity contribution < 1.29 is 4.79 Å². The van der Waals surface area contributed by atoms with Crippen LogP contribution in [0.3, 0.4) is 0 Å². The first-order chi connectivity index (χ1) is 11.7. The molecule has 0 radical (unpaired) electrons. The molecule has 0 unspecified atom stereocenters. The van der Waals surface area contributed by atoms with E-state index >= 15 is 0 Å². The minimum atomic E-state index is -0.0453. The van der Waals surface area contributed by atoms with Gasteiger partial charge < -0.3 is 5.32 Å². The molecule has 3 rings (SSSR count). The fourth-order valence-electron chi connectivity index (χ4n) is 2.14. The first kappa shape index (κ1) is 16.7. The number of rotatable bonds is 6. The molecule has 6 heteroatoms. The molecular weight excluding hydrogens is 338 g/mol. The number of carbonyl (C=O) groups is 1. The van der Waals surface area contributed by atoms with Crippen LogP contribution >= 0.6 is 23.1 Å². The molecule has 24 heavy (non-hydrogen) atoms. The van der Waals surface area contributed by atoms with Crippen LogP contribution in [0.5, 0.6) is 0 Å². The van der Waals surface area contributed by atoms with Crippen molar-refractivity contribution >= 4 is 34.7 Å². The molecule has 2 heterocycles. The molecule has 0 saturated carbocycles. The van der Waals surface area contributed by atoms with E-state index in [1.54, 1.807) is 29.3 Å². The van der Waals surface area contributed by atoms with E-state index in [2.05, 4.69) is 21.4 Å². The molecule has 0 aliphatic carbocycles. The van der Waals surface area contributed by atoms with Gasteiger partial charge in [-0.1, -0.05) is 6.07 Å². The molecule has 0 aliphatic rings. The number of anilines is 1. The number of aromatic nitrogens is 2. The number of hydrogen-bond acceptors (Lipinski definition) is 5. The Balaban J connectivity index is 1.51. The minimum Gasteiger partial charge on any atom is -0.326 e. The van der Waals surface area contributed by atoms with Crippen molar-refractivity contribution in [3.05, 3.63) is 70.4 Å². The number of hydrogen-bond donors (Lipinski definition) is 1. The Labute approximate surface area is 149 Å². The first-order valence-electron chi connectivity index (χ1n) is 7.52. The maximum absolute atomic E-state index is 12.0. The number of thioether (sulfide) groups is 1. The van der Waals surface area contributed by atoms with Gasteiger partial charge in [-0.2, -0.15) is 0 Å². The monoisotopic (exact) mass is 355 g/mol. The van der Waals surface area contributed by atoms with Gasteiger partial charge in [-0.25, -0.2) is 4.98 Å². The molecule has 0 saturated heterocycles. The van der Waals surface area contributed by atoms with Crippen LogP contribution in [0.1, 0.15) is 16.3 Å². The van der Waals surface area contributed by atoms with E-state index in [9.17, 15) is 4.79 Å². The Hall–Kier alpha value is -2.18. The number of thiazole rings is 1. The summed E-state index contributed by atoms with van der Waals surface area (Å²) in [5.41, 5.74) is 2.81. The average molecular weight is 355 g/mol. The number of nitrogens with one attached hydrogen (secondary N) is 1. The van der Waals surface area contributed by atoms with Crippen LogP contribution in [0.4, 0.5) is 5.69 Å². The summed E-state index contributed by atoms with van der Waals surface area (Å²) in [7, 11) is 0. The summed E-state index contributed by atoms with van der Waals surface area (Å²) >= 11 is 3.31. The topological polar surface area (TPSA) is 54.9 Å². The maximum atomic E-state index is 12.0. The highest BCUT2D eigenvalue weighted by Crippen LogP contribution is 2.24. The highest BCUT2D eigenvalue weighted by Gasteiger charge is 2.07. The molecule has 3 aromatic rings. The van der Waals surface area contributed by atoms with Gasteiger partial charge in [0.15, 0.2) is 0 Å². The van der Waals surface area contributed by atoms with E-state index < -0.39 is 0 Å². The summed E-state index contributed by atoms with van der Waals surface area (Å²) in [6.07, 6.45) is 3.96. The summed E-state index contributed by atoms with van der Waals surface area (Å²) in [5.74, 6) is 0.832. The average Bonchev–Trinajstić information content (AvgIpc) is 3.00. The lowest BCUT2D eigenvalue weighted by Gasteiger charge is -2.06. The van der Waals surface area contributed by atoms with Crippen molar-refractivity contribution in [2.45, 2.75) is 24.0 Å². The summed E-state index contributed by atoms with van der Waals surface area (Å²) in [6, 6.07) is 11.9. The lowest BCUT2D eigenvalue weighted by molar-refractivity contribution is -0.115. The summed E-state index contributed by atoms with van der Waals surface area (Å²) in [6.45, 7) is 1.94. The van der Waals surface area contributed by atoms with Crippen molar-refractivity contribution in [3.63, 3.8) is 0 Å². The maximum Gasteiger partial charge on any atom is 0.230 e. The molecule has 122 valence electrons. The lowest BCUT2D eigenvalue weighted by Crippen LogP contribution is -2.14. The second-order valence-corrected chi connectivity index (χ2v) is 7.37. The molecule has 1 aromatic carbocycles. The van der Waals surface area contributed by atoms with Gasteiger partial charge in [0, 0.05) is 34.1 Å². The largest absolute Gasteiger partial charge is 0.326 e. The van der Waals surface area contributed by atoms with Gasteiger partial charge in [0.05, 0.1) is 17.1 Å². The van der Waals surface area contributed by atoms with Gasteiger partial charge >= 0.3 is 0 Å². The van der Waals surface area contributed by atoms with Gasteiger partial charge in [0.2, 0.25) is 5.91 Å². The van der Waals surface area contributed by atoms with E-state index in [-0.39, 0.29) is 5.91 Å². The Bertz CT molecular complexity index is 801. The summed E-state index contributed by atoms with van der Waals surface area (Å²) in [5, 5.41) is 5.81. The van der Waals surface area contributed by atoms with E-state index in [0.717, 1.165) is 27.0 Å². The fraction of sp³-hybridized carbons (Fsp3) is 0.167. The standard InChI is InChI=1S/C18H17N3OS2/c1-13-20-16(12-23-13)9-18(22)21-15-4-6-17(7-5-15)24-11-14-3-2-8-19-10-14/h2-8,10,12H,9,11H2,1H3,(H,21,22). The molecule has 0 fully saturated rings. The number of pyridine rings is 1. The van der Waals surface area contributed by atoms with Crippen LogP contribution in [-0.2, 0) is 17.0 Å². The fourth-order valence-corrected chi connectivity index (χ4v) is 3.59. The molecule has 1 amide bonds. The molecule has 0 spiro atoms. The molecule has 4 nitrogen and oxygen atoms in total. The smallest absolute Gasteiger partial charge is 0.230 e. The predicted molar refractivity (Wildman–Crippen MR) is 99.4 cm³/mol. The Morgan fingerprint density at radius 2 is 2.08 bits per heavy atom. The summed E-state index contributed by atoms with van der Waals surface area (Å²) in [4.78, 5) is 21.6. The normalized spacial score (nSPS) is 10.5. The van der Waals surface area contributed by atoms with Gasteiger partial charge in [-0.3, -0.25) is 9.78 Å². The molecule has 0 atom stereocenters. The third kappa shape index (κ3) is 4.91. The van der Waals surface area contributed by atoms with Crippen LogP contribution in [0, 0.1) is 6.92 Å². The van der Waals surface area contributed by atoms with E-state index in [1.807, 2.05) is 48.8 Å². The van der Waals surface area contributed by atoms with Crippen LogP contribution in [0.15, 0.2) is 59.1 Å². The second kappa shape index (κ2) is 8.08. The van der Waals surface area contributed by atoms with E-state index in [1.165, 1.54) is 5.56 Å². The number of benzene rings is 1. The zero-order valence-corrected chi connectivity index (χ0v) is 14.9. The van der Waals surface area contributed by atoms with Crippen molar-refractivity contribution in [3.8, 4) is 0 Å². The molecule has 1 N–H and O–H groups in total.